The summed E-state index contributed by atoms with van der Waals surface area (Å²) in [6.07, 6.45) is -4.73. The number of ether oxygens (including phenoxy) is 1. The van der Waals surface area contributed by atoms with Gasteiger partial charge in [0, 0.05) is 13.6 Å². The van der Waals surface area contributed by atoms with Crippen LogP contribution in [0.15, 0.2) is 54.6 Å². The van der Waals surface area contributed by atoms with Gasteiger partial charge in [0.05, 0.1) is 11.0 Å². The van der Waals surface area contributed by atoms with Crippen LogP contribution in [0, 0.1) is 0 Å². The van der Waals surface area contributed by atoms with Crippen LogP contribution in [-0.4, -0.2) is 40.0 Å². The number of fused-ring (bicyclic) bond motifs is 1. The number of imidazole rings is 1. The zero-order valence-corrected chi connectivity index (χ0v) is 15.5. The van der Waals surface area contributed by atoms with Gasteiger partial charge in [0.25, 0.3) is 5.91 Å². The van der Waals surface area contributed by atoms with Gasteiger partial charge in [-0.1, -0.05) is 42.5 Å². The van der Waals surface area contributed by atoms with Crippen molar-refractivity contribution in [2.45, 2.75) is 19.3 Å². The standard InChI is InChI=1S/C20H18F3N3O3/c1-25(11-14-7-3-2-4-8-14)17(27)13-29-18(28)12-26-16-10-6-5-9-15(16)24-19(26)20(21,22)23/h2-10H,11-13H2,1H3. The van der Waals surface area contributed by atoms with Crippen molar-refractivity contribution in [2.75, 3.05) is 13.7 Å². The van der Waals surface area contributed by atoms with E-state index in [1.54, 1.807) is 19.2 Å². The Balaban J connectivity index is 1.64. The Morgan fingerprint density at radius 2 is 1.72 bits per heavy atom. The summed E-state index contributed by atoms with van der Waals surface area (Å²) in [7, 11) is 1.55. The zero-order valence-electron chi connectivity index (χ0n) is 15.5. The number of amides is 1. The van der Waals surface area contributed by atoms with Gasteiger partial charge in [0.1, 0.15) is 6.54 Å². The normalized spacial score (nSPS) is 11.4. The van der Waals surface area contributed by atoms with E-state index >= 15 is 0 Å². The fourth-order valence-electron chi connectivity index (χ4n) is 2.82. The second-order valence-electron chi connectivity index (χ2n) is 6.40. The lowest BCUT2D eigenvalue weighted by Crippen LogP contribution is -2.31. The number of halogens is 3. The summed E-state index contributed by atoms with van der Waals surface area (Å²) >= 11 is 0. The number of alkyl halides is 3. The van der Waals surface area contributed by atoms with E-state index in [-0.39, 0.29) is 11.0 Å². The lowest BCUT2D eigenvalue weighted by Gasteiger charge is -2.17. The van der Waals surface area contributed by atoms with E-state index in [1.807, 2.05) is 30.3 Å². The van der Waals surface area contributed by atoms with Crippen molar-refractivity contribution in [3.8, 4) is 0 Å². The van der Waals surface area contributed by atoms with E-state index in [0.717, 1.165) is 10.1 Å². The van der Waals surface area contributed by atoms with E-state index < -0.39 is 37.0 Å². The SMILES string of the molecule is CN(Cc1ccccc1)C(=O)COC(=O)Cn1c(C(F)(F)F)nc2ccccc21. The lowest BCUT2D eigenvalue weighted by atomic mass is 10.2. The maximum Gasteiger partial charge on any atom is 0.449 e. The Kier molecular flexibility index (Phi) is 5.86. The summed E-state index contributed by atoms with van der Waals surface area (Å²) in [4.78, 5) is 29.2. The summed E-state index contributed by atoms with van der Waals surface area (Å²) in [6, 6.07) is 15.2. The molecule has 0 radical (unpaired) electrons. The van der Waals surface area contributed by atoms with Crippen LogP contribution >= 0.6 is 0 Å². The maximum absolute atomic E-state index is 13.3. The van der Waals surface area contributed by atoms with Gasteiger partial charge in [0.15, 0.2) is 6.61 Å². The van der Waals surface area contributed by atoms with Gasteiger partial charge in [-0.3, -0.25) is 9.59 Å². The highest BCUT2D eigenvalue weighted by Gasteiger charge is 2.38. The number of nitrogens with zero attached hydrogens (tertiary/aromatic N) is 3. The number of carbonyl (C=O) groups excluding carboxylic acids is 2. The van der Waals surface area contributed by atoms with Crippen LogP contribution in [0.3, 0.4) is 0 Å². The lowest BCUT2D eigenvalue weighted by molar-refractivity contribution is -0.155. The van der Waals surface area contributed by atoms with Gasteiger partial charge < -0.3 is 14.2 Å². The van der Waals surface area contributed by atoms with Gasteiger partial charge in [-0.25, -0.2) is 4.98 Å². The average Bonchev–Trinajstić information content (AvgIpc) is 3.06. The van der Waals surface area contributed by atoms with Crippen LogP contribution in [-0.2, 0) is 33.6 Å². The fraction of sp³-hybridized carbons (Fsp3) is 0.250. The second-order valence-corrected chi connectivity index (χ2v) is 6.40. The number of aromatic nitrogens is 2. The van der Waals surface area contributed by atoms with Crippen molar-refractivity contribution < 1.29 is 27.5 Å². The first-order valence-electron chi connectivity index (χ1n) is 8.71. The monoisotopic (exact) mass is 405 g/mol. The Morgan fingerprint density at radius 3 is 2.41 bits per heavy atom. The van der Waals surface area contributed by atoms with Gasteiger partial charge >= 0.3 is 12.1 Å². The Bertz CT molecular complexity index is 1020. The highest BCUT2D eigenvalue weighted by molar-refractivity contribution is 5.82. The van der Waals surface area contributed by atoms with Crippen molar-refractivity contribution in [1.29, 1.82) is 0 Å². The molecule has 0 atom stereocenters. The molecule has 0 bridgehead atoms. The van der Waals surface area contributed by atoms with Gasteiger partial charge in [-0.15, -0.1) is 0 Å². The van der Waals surface area contributed by atoms with Gasteiger partial charge in [0.2, 0.25) is 5.82 Å². The molecule has 0 spiro atoms. The Hall–Kier alpha value is -3.36. The topological polar surface area (TPSA) is 64.4 Å². The Labute approximate surface area is 164 Å². The van der Waals surface area contributed by atoms with Crippen molar-refractivity contribution >= 4 is 22.9 Å². The fourth-order valence-corrected chi connectivity index (χ4v) is 2.82. The number of benzene rings is 2. The highest BCUT2D eigenvalue weighted by atomic mass is 19.4. The van der Waals surface area contributed by atoms with Crippen LogP contribution in [0.25, 0.3) is 11.0 Å². The molecule has 0 fully saturated rings. The molecule has 0 unspecified atom stereocenters. The predicted molar refractivity (Wildman–Crippen MR) is 98.6 cm³/mol. The molecule has 0 saturated heterocycles. The van der Waals surface area contributed by atoms with E-state index in [2.05, 4.69) is 4.98 Å². The van der Waals surface area contributed by atoms with E-state index in [0.29, 0.717) is 6.54 Å². The van der Waals surface area contributed by atoms with Crippen molar-refractivity contribution in [3.05, 3.63) is 66.0 Å². The van der Waals surface area contributed by atoms with Crippen molar-refractivity contribution in [2.24, 2.45) is 0 Å². The molecule has 2 aromatic carbocycles. The molecule has 3 rings (SSSR count). The smallest absolute Gasteiger partial charge is 0.449 e. The maximum atomic E-state index is 13.3. The molecule has 0 aliphatic heterocycles. The number of rotatable bonds is 6. The molecule has 0 aliphatic carbocycles. The number of para-hydroxylation sites is 2. The van der Waals surface area contributed by atoms with E-state index in [4.69, 9.17) is 4.74 Å². The number of likely N-dealkylation sites (N-methyl/N-ethyl adjacent to an activating group) is 1. The number of esters is 1. The first-order valence-corrected chi connectivity index (χ1v) is 8.71. The molecule has 152 valence electrons. The molecule has 1 amide bonds. The van der Waals surface area contributed by atoms with Crippen LogP contribution in [0.5, 0.6) is 0 Å². The highest BCUT2D eigenvalue weighted by Crippen LogP contribution is 2.31. The summed E-state index contributed by atoms with van der Waals surface area (Å²) in [5.74, 6) is -2.61. The van der Waals surface area contributed by atoms with E-state index in [1.165, 1.54) is 17.0 Å². The Morgan fingerprint density at radius 1 is 1.07 bits per heavy atom. The summed E-state index contributed by atoms with van der Waals surface area (Å²) in [6.45, 7) is -0.942. The molecule has 0 N–H and O–H groups in total. The molecule has 29 heavy (non-hydrogen) atoms. The molecule has 9 heteroatoms. The summed E-state index contributed by atoms with van der Waals surface area (Å²) in [5.41, 5.74) is 1.17. The first kappa shape index (κ1) is 20.4. The quantitative estimate of drug-likeness (QED) is 0.591. The number of hydrogen-bond acceptors (Lipinski definition) is 4. The van der Waals surface area contributed by atoms with Crippen LogP contribution in [0.2, 0.25) is 0 Å². The predicted octanol–water partition coefficient (Wildman–Crippen LogP) is 3.26. The molecule has 0 saturated carbocycles. The van der Waals surface area contributed by atoms with Gasteiger partial charge in [-0.05, 0) is 17.7 Å². The average molecular weight is 405 g/mol. The third-order valence-electron chi connectivity index (χ3n) is 4.24. The molecular formula is C20H18F3N3O3. The van der Waals surface area contributed by atoms with Crippen LogP contribution in [0.4, 0.5) is 13.2 Å². The first-order chi connectivity index (χ1) is 13.8. The molecular weight excluding hydrogens is 387 g/mol. The summed E-state index contributed by atoms with van der Waals surface area (Å²) in [5, 5.41) is 0. The zero-order chi connectivity index (χ0) is 21.0. The molecule has 1 aromatic heterocycles. The van der Waals surface area contributed by atoms with E-state index in [9.17, 15) is 22.8 Å². The molecule has 3 aromatic rings. The van der Waals surface area contributed by atoms with Crippen molar-refractivity contribution in [1.82, 2.24) is 14.5 Å². The summed E-state index contributed by atoms with van der Waals surface area (Å²) < 4.78 is 45.5. The minimum atomic E-state index is -4.73. The third-order valence-corrected chi connectivity index (χ3v) is 4.24. The van der Waals surface area contributed by atoms with Crippen LogP contribution in [0.1, 0.15) is 11.4 Å². The molecule has 6 nitrogen and oxygen atoms in total. The number of hydrogen-bond donors (Lipinski definition) is 0. The minimum absolute atomic E-state index is 0.117. The molecule has 0 aliphatic rings. The van der Waals surface area contributed by atoms with Crippen LogP contribution < -0.4 is 0 Å². The van der Waals surface area contributed by atoms with Gasteiger partial charge in [-0.2, -0.15) is 13.2 Å². The molecule has 1 heterocycles. The second kappa shape index (κ2) is 8.34. The third kappa shape index (κ3) is 4.92. The van der Waals surface area contributed by atoms with Crippen molar-refractivity contribution in [3.63, 3.8) is 0 Å². The minimum Gasteiger partial charge on any atom is -0.454 e. The number of carbonyl (C=O) groups is 2. The largest absolute Gasteiger partial charge is 0.454 e.